The number of hydrogen-bond donors (Lipinski definition) is 0. The molecule has 5 fully saturated rings. The summed E-state index contributed by atoms with van der Waals surface area (Å²) in [6.45, 7) is 7.21. The number of pyridine rings is 2. The zero-order chi connectivity index (χ0) is 29.4. The molecule has 2 bridgehead atoms. The fourth-order valence-electron chi connectivity index (χ4n) is 6.84. The van der Waals surface area contributed by atoms with E-state index < -0.39 is 10.0 Å². The third kappa shape index (κ3) is 5.82. The maximum atomic E-state index is 13.3. The number of rotatable bonds is 9. The van der Waals surface area contributed by atoms with E-state index in [9.17, 15) is 13.7 Å². The second-order valence-electron chi connectivity index (χ2n) is 11.9. The van der Waals surface area contributed by atoms with Gasteiger partial charge in [-0.1, -0.05) is 0 Å². The van der Waals surface area contributed by atoms with Crippen molar-refractivity contribution in [3.63, 3.8) is 0 Å². The van der Waals surface area contributed by atoms with Crippen LogP contribution in [-0.2, 0) is 19.5 Å². The number of nitrogens with zero attached hydrogens (tertiary/aromatic N) is 7. The number of aromatic nitrogens is 3. The Bertz CT molecular complexity index is 1580. The number of ether oxygens (including phenoxy) is 3. The highest BCUT2D eigenvalue weighted by atomic mass is 32.2. The molecule has 2 atom stereocenters. The standard InChI is InChI=1S/C30H37N7O5S/c31-15-24-17-33-36-20-27(42-12-7-34-5-10-41-11-6-34)14-28(30(24)36)23-1-2-29(32-16-23)35-18-25-13-26(19-35)37(25)43(38,39)21-22-3-8-40-9-4-22/h1-2,14,16-17,20,22,25-26H,3-13,18-19,21H2. The average molecular weight is 608 g/mol. The number of hydrogen-bond acceptors (Lipinski definition) is 10. The Morgan fingerprint density at radius 1 is 1.05 bits per heavy atom. The van der Waals surface area contributed by atoms with Crippen molar-refractivity contribution in [2.75, 3.05) is 76.4 Å². The molecular formula is C30H37N7O5S. The Labute approximate surface area is 251 Å². The Morgan fingerprint density at radius 3 is 2.53 bits per heavy atom. The normalized spacial score (nSPS) is 23.7. The van der Waals surface area contributed by atoms with Crippen LogP contribution >= 0.6 is 0 Å². The van der Waals surface area contributed by atoms with Crippen molar-refractivity contribution < 1.29 is 22.6 Å². The van der Waals surface area contributed by atoms with Crippen LogP contribution in [-0.4, -0.2) is 116 Å². The summed E-state index contributed by atoms with van der Waals surface area (Å²) >= 11 is 0. The quantitative estimate of drug-likeness (QED) is 0.357. The van der Waals surface area contributed by atoms with Gasteiger partial charge in [-0.2, -0.15) is 14.7 Å². The van der Waals surface area contributed by atoms with Crippen molar-refractivity contribution in [2.24, 2.45) is 5.92 Å². The van der Waals surface area contributed by atoms with E-state index in [1.165, 1.54) is 0 Å². The summed E-state index contributed by atoms with van der Waals surface area (Å²) < 4.78 is 46.9. The minimum atomic E-state index is -3.29. The summed E-state index contributed by atoms with van der Waals surface area (Å²) in [5.74, 6) is 1.90. The highest BCUT2D eigenvalue weighted by Crippen LogP contribution is 2.38. The van der Waals surface area contributed by atoms with E-state index in [1.54, 1.807) is 15.0 Å². The van der Waals surface area contributed by atoms with Gasteiger partial charge in [-0.25, -0.2) is 17.9 Å². The average Bonchev–Trinajstić information content (AvgIpc) is 3.44. The van der Waals surface area contributed by atoms with Crippen LogP contribution in [0.1, 0.15) is 24.8 Å². The lowest BCUT2D eigenvalue weighted by atomic mass is 9.91. The summed E-state index contributed by atoms with van der Waals surface area (Å²) in [4.78, 5) is 9.29. The third-order valence-corrected chi connectivity index (χ3v) is 11.2. The molecular weight excluding hydrogens is 570 g/mol. The van der Waals surface area contributed by atoms with Gasteiger partial charge < -0.3 is 19.1 Å². The topological polar surface area (TPSA) is 126 Å². The van der Waals surface area contributed by atoms with Crippen LogP contribution in [0.4, 0.5) is 5.82 Å². The largest absolute Gasteiger partial charge is 0.491 e. The van der Waals surface area contributed by atoms with Gasteiger partial charge in [0.2, 0.25) is 10.0 Å². The number of sulfonamides is 1. The monoisotopic (exact) mass is 607 g/mol. The van der Waals surface area contributed by atoms with Gasteiger partial charge >= 0.3 is 0 Å². The van der Waals surface area contributed by atoms with Crippen LogP contribution in [0.2, 0.25) is 0 Å². The Kier molecular flexibility index (Phi) is 7.96. The molecule has 0 radical (unpaired) electrons. The van der Waals surface area contributed by atoms with E-state index in [0.717, 1.165) is 69.1 Å². The van der Waals surface area contributed by atoms with Crippen LogP contribution in [0.15, 0.2) is 36.8 Å². The summed E-state index contributed by atoms with van der Waals surface area (Å²) in [5, 5.41) is 14.1. The lowest BCUT2D eigenvalue weighted by Crippen LogP contribution is -2.70. The van der Waals surface area contributed by atoms with Crippen molar-refractivity contribution in [1.29, 1.82) is 5.26 Å². The Hall–Kier alpha value is -3.28. The molecule has 5 saturated heterocycles. The molecule has 0 saturated carbocycles. The van der Waals surface area contributed by atoms with E-state index in [2.05, 4.69) is 21.0 Å². The Balaban J connectivity index is 1.05. The highest BCUT2D eigenvalue weighted by molar-refractivity contribution is 7.89. The van der Waals surface area contributed by atoms with Crippen molar-refractivity contribution >= 4 is 21.4 Å². The predicted molar refractivity (Wildman–Crippen MR) is 159 cm³/mol. The fourth-order valence-corrected chi connectivity index (χ4v) is 9.16. The molecule has 0 aliphatic carbocycles. The number of fused-ring (bicyclic) bond motifs is 3. The first-order chi connectivity index (χ1) is 21.0. The smallest absolute Gasteiger partial charge is 0.215 e. The zero-order valence-electron chi connectivity index (χ0n) is 24.2. The molecule has 2 unspecified atom stereocenters. The van der Waals surface area contributed by atoms with Gasteiger partial charge in [0, 0.05) is 75.3 Å². The van der Waals surface area contributed by atoms with Crippen LogP contribution in [0.5, 0.6) is 5.75 Å². The number of anilines is 1. The van der Waals surface area contributed by atoms with Crippen LogP contribution in [0, 0.1) is 17.2 Å². The van der Waals surface area contributed by atoms with Crippen LogP contribution in [0.3, 0.4) is 0 Å². The summed E-state index contributed by atoms with van der Waals surface area (Å²) in [6, 6.07) is 8.15. The molecule has 8 heterocycles. The molecule has 43 heavy (non-hydrogen) atoms. The van der Waals surface area contributed by atoms with Gasteiger partial charge in [-0.05, 0) is 43.4 Å². The Morgan fingerprint density at radius 2 is 1.81 bits per heavy atom. The minimum absolute atomic E-state index is 0.0130. The van der Waals surface area contributed by atoms with Gasteiger partial charge in [-0.3, -0.25) is 4.90 Å². The zero-order valence-corrected chi connectivity index (χ0v) is 25.0. The number of morpholine rings is 1. The molecule has 5 aliphatic rings. The molecule has 0 spiro atoms. The molecule has 0 amide bonds. The molecule has 3 aromatic heterocycles. The van der Waals surface area contributed by atoms with Gasteiger partial charge in [0.25, 0.3) is 0 Å². The molecule has 0 N–H and O–H groups in total. The summed E-state index contributed by atoms with van der Waals surface area (Å²) in [7, 11) is -3.29. The van der Waals surface area contributed by atoms with E-state index in [-0.39, 0.29) is 23.8 Å². The lowest BCUT2D eigenvalue weighted by Gasteiger charge is -2.55. The lowest BCUT2D eigenvalue weighted by molar-refractivity contribution is 0.0322. The van der Waals surface area contributed by atoms with Crippen molar-refractivity contribution in [3.05, 3.63) is 42.4 Å². The van der Waals surface area contributed by atoms with Crippen molar-refractivity contribution in [3.8, 4) is 22.9 Å². The van der Waals surface area contributed by atoms with Gasteiger partial charge in [-0.15, -0.1) is 0 Å². The maximum Gasteiger partial charge on any atom is 0.215 e. The van der Waals surface area contributed by atoms with Gasteiger partial charge in [0.1, 0.15) is 24.2 Å². The highest BCUT2D eigenvalue weighted by Gasteiger charge is 2.51. The first-order valence-corrected chi connectivity index (χ1v) is 16.7. The first-order valence-electron chi connectivity index (χ1n) is 15.1. The van der Waals surface area contributed by atoms with E-state index >= 15 is 0 Å². The van der Waals surface area contributed by atoms with E-state index in [1.807, 2.05) is 30.6 Å². The second-order valence-corrected chi connectivity index (χ2v) is 13.8. The van der Waals surface area contributed by atoms with E-state index in [4.69, 9.17) is 19.2 Å². The van der Waals surface area contributed by atoms with Crippen LogP contribution < -0.4 is 9.64 Å². The molecule has 228 valence electrons. The molecule has 5 aliphatic heterocycles. The molecule has 12 nitrogen and oxygen atoms in total. The number of piperidine rings is 1. The van der Waals surface area contributed by atoms with Gasteiger partial charge in [0.15, 0.2) is 0 Å². The minimum Gasteiger partial charge on any atom is -0.491 e. The van der Waals surface area contributed by atoms with Crippen molar-refractivity contribution in [1.82, 2.24) is 23.8 Å². The number of piperazine rings is 1. The second kappa shape index (κ2) is 12.0. The molecule has 3 aromatic rings. The third-order valence-electron chi connectivity index (χ3n) is 9.10. The van der Waals surface area contributed by atoms with Crippen LogP contribution in [0.25, 0.3) is 16.6 Å². The summed E-state index contributed by atoms with van der Waals surface area (Å²) in [6.07, 6.45) is 7.72. The molecule has 0 aromatic carbocycles. The summed E-state index contributed by atoms with van der Waals surface area (Å²) in [5.41, 5.74) is 2.87. The fraction of sp³-hybridized carbons (Fsp3) is 0.567. The maximum absolute atomic E-state index is 13.3. The SMILES string of the molecule is N#Cc1cnn2cc(OCCN3CCOCC3)cc(-c3ccc(N4CC5CC(C4)N5S(=O)(=O)CC4CCOCC4)nc3)c12. The molecule has 8 rings (SSSR count). The van der Waals surface area contributed by atoms with Crippen molar-refractivity contribution in [2.45, 2.75) is 31.3 Å². The number of nitriles is 1. The van der Waals surface area contributed by atoms with E-state index in [0.29, 0.717) is 49.7 Å². The molecule has 13 heteroatoms. The van der Waals surface area contributed by atoms with Gasteiger partial charge in [0.05, 0.1) is 42.4 Å². The predicted octanol–water partition coefficient (Wildman–Crippen LogP) is 2.00. The first kappa shape index (κ1) is 28.5.